The van der Waals surface area contributed by atoms with E-state index in [0.29, 0.717) is 23.3 Å². The Morgan fingerprint density at radius 3 is 2.30 bits per heavy atom. The normalized spacial score (nSPS) is 11.6. The van der Waals surface area contributed by atoms with Crippen molar-refractivity contribution in [3.05, 3.63) is 136 Å². The molecule has 0 saturated heterocycles. The fraction of sp³-hybridized carbons (Fsp3) is 0.0645. The number of aromatic nitrogens is 3. The molecule has 0 radical (unpaired) electrons. The van der Waals surface area contributed by atoms with Crippen molar-refractivity contribution in [2.45, 2.75) is 13.5 Å². The van der Waals surface area contributed by atoms with Crippen molar-refractivity contribution in [1.82, 2.24) is 14.2 Å². The lowest BCUT2D eigenvalue weighted by Gasteiger charge is -2.10. The molecule has 0 bridgehead atoms. The summed E-state index contributed by atoms with van der Waals surface area (Å²) in [6, 6.07) is 31.5. The molecule has 0 aliphatic carbocycles. The lowest BCUT2D eigenvalue weighted by molar-refractivity contribution is 0.626. The topological polar surface area (TPSA) is 52.2 Å². The minimum atomic E-state index is -0.255. The Morgan fingerprint density at radius 1 is 0.838 bits per heavy atom. The van der Waals surface area contributed by atoms with Gasteiger partial charge in [0.25, 0.3) is 5.56 Å². The maximum absolute atomic E-state index is 13.5. The van der Waals surface area contributed by atoms with Crippen LogP contribution in [0.4, 0.5) is 4.39 Å². The maximum atomic E-state index is 13.5. The second-order valence-corrected chi connectivity index (χ2v) is 8.91. The van der Waals surface area contributed by atoms with E-state index in [1.165, 1.54) is 16.8 Å². The van der Waals surface area contributed by atoms with E-state index >= 15 is 0 Å². The molecule has 0 aliphatic rings. The van der Waals surface area contributed by atoms with Gasteiger partial charge in [0.2, 0.25) is 0 Å². The number of benzene rings is 4. The molecule has 0 aliphatic heterocycles. The van der Waals surface area contributed by atoms with Crippen LogP contribution < -0.4 is 5.56 Å². The van der Waals surface area contributed by atoms with Gasteiger partial charge >= 0.3 is 0 Å². The molecule has 0 saturated carbocycles. The van der Waals surface area contributed by atoms with Gasteiger partial charge in [-0.1, -0.05) is 72.8 Å². The molecule has 0 fully saturated rings. The number of hydrogen-bond acceptors (Lipinski definition) is 3. The zero-order chi connectivity index (χ0) is 25.4. The predicted molar refractivity (Wildman–Crippen MR) is 147 cm³/mol. The second kappa shape index (κ2) is 9.32. The summed E-state index contributed by atoms with van der Waals surface area (Å²) in [7, 11) is 0. The number of nitrogens with zero attached hydrogens (tertiary/aromatic N) is 4. The first-order valence-corrected chi connectivity index (χ1v) is 12.0. The zero-order valence-electron chi connectivity index (χ0n) is 20.2. The highest BCUT2D eigenvalue weighted by Crippen LogP contribution is 2.26. The Morgan fingerprint density at radius 2 is 1.51 bits per heavy atom. The van der Waals surface area contributed by atoms with Gasteiger partial charge in [0.15, 0.2) is 5.82 Å². The molecule has 37 heavy (non-hydrogen) atoms. The van der Waals surface area contributed by atoms with Crippen molar-refractivity contribution in [2.24, 2.45) is 5.10 Å². The van der Waals surface area contributed by atoms with Gasteiger partial charge in [-0.25, -0.2) is 9.37 Å². The molecule has 0 atom stereocenters. The Kier molecular flexibility index (Phi) is 5.69. The van der Waals surface area contributed by atoms with Crippen molar-refractivity contribution < 1.29 is 4.39 Å². The van der Waals surface area contributed by atoms with Crippen LogP contribution in [0.25, 0.3) is 33.2 Å². The molecular weight excluding hydrogens is 463 g/mol. The molecule has 5 nitrogen and oxygen atoms in total. The van der Waals surface area contributed by atoms with E-state index in [4.69, 9.17) is 10.1 Å². The third-order valence-electron chi connectivity index (χ3n) is 6.62. The van der Waals surface area contributed by atoms with Crippen LogP contribution in [-0.4, -0.2) is 20.4 Å². The Hall–Kier alpha value is -4.84. The first-order valence-electron chi connectivity index (χ1n) is 12.0. The van der Waals surface area contributed by atoms with Gasteiger partial charge in [-0.2, -0.15) is 9.78 Å². The molecule has 4 aromatic carbocycles. The van der Waals surface area contributed by atoms with Gasteiger partial charge < -0.3 is 4.57 Å². The van der Waals surface area contributed by atoms with Crippen molar-refractivity contribution in [1.29, 1.82) is 0 Å². The summed E-state index contributed by atoms with van der Waals surface area (Å²) < 4.78 is 17.0. The van der Waals surface area contributed by atoms with E-state index in [9.17, 15) is 9.18 Å². The van der Waals surface area contributed by atoms with E-state index < -0.39 is 0 Å². The summed E-state index contributed by atoms with van der Waals surface area (Å²) in [5, 5.41) is 6.23. The van der Waals surface area contributed by atoms with E-state index in [-0.39, 0.29) is 11.4 Å². The molecule has 6 rings (SSSR count). The fourth-order valence-electron chi connectivity index (χ4n) is 4.72. The molecule has 2 aromatic heterocycles. The molecule has 0 unspecified atom stereocenters. The van der Waals surface area contributed by atoms with E-state index in [1.54, 1.807) is 24.4 Å². The number of rotatable bonds is 5. The van der Waals surface area contributed by atoms with Crippen LogP contribution in [0.2, 0.25) is 0 Å². The van der Waals surface area contributed by atoms with Gasteiger partial charge in [0, 0.05) is 34.3 Å². The first-order chi connectivity index (χ1) is 18.1. The standard InChI is InChI=1S/C31H23FN4O/c1-21-27(25-11-6-8-14-29(25)35(21)20-22-15-17-24(32)18-16-22)19-33-36-30(23-9-3-2-4-10-23)34-28-13-7-5-12-26(28)31(36)37/h2-19H,20H2,1H3. The van der Waals surface area contributed by atoms with Crippen LogP contribution in [0.5, 0.6) is 0 Å². The third kappa shape index (κ3) is 4.12. The lowest BCUT2D eigenvalue weighted by atomic mass is 10.1. The molecule has 0 N–H and O–H groups in total. The van der Waals surface area contributed by atoms with Crippen LogP contribution in [0.1, 0.15) is 16.8 Å². The van der Waals surface area contributed by atoms with Crippen LogP contribution in [0, 0.1) is 12.7 Å². The third-order valence-corrected chi connectivity index (χ3v) is 6.62. The van der Waals surface area contributed by atoms with Crippen molar-refractivity contribution in [2.75, 3.05) is 0 Å². The minimum absolute atomic E-state index is 0.228. The average molecular weight is 487 g/mol. The van der Waals surface area contributed by atoms with Crippen molar-refractivity contribution in [3.63, 3.8) is 0 Å². The summed E-state index contributed by atoms with van der Waals surface area (Å²) in [6.45, 7) is 2.62. The van der Waals surface area contributed by atoms with Gasteiger partial charge in [0.05, 0.1) is 17.1 Å². The molecule has 180 valence electrons. The smallest absolute Gasteiger partial charge is 0.282 e. The zero-order valence-corrected chi connectivity index (χ0v) is 20.2. The Labute approximate surface area is 212 Å². The Bertz CT molecular complexity index is 1830. The summed E-state index contributed by atoms with van der Waals surface area (Å²) in [5.74, 6) is 0.225. The van der Waals surface area contributed by atoms with Crippen LogP contribution >= 0.6 is 0 Å². The number of hydrogen-bond donors (Lipinski definition) is 0. The van der Waals surface area contributed by atoms with Crippen LogP contribution in [0.3, 0.4) is 0 Å². The molecule has 6 heteroatoms. The monoisotopic (exact) mass is 486 g/mol. The van der Waals surface area contributed by atoms with Gasteiger partial charge in [-0.15, -0.1) is 0 Å². The molecule has 0 amide bonds. The largest absolute Gasteiger partial charge is 0.340 e. The maximum Gasteiger partial charge on any atom is 0.282 e. The summed E-state index contributed by atoms with van der Waals surface area (Å²) in [5.41, 5.74) is 5.15. The second-order valence-electron chi connectivity index (χ2n) is 8.91. The van der Waals surface area contributed by atoms with Crippen LogP contribution in [0.15, 0.2) is 113 Å². The summed E-state index contributed by atoms with van der Waals surface area (Å²) in [6.07, 6.45) is 1.74. The highest BCUT2D eigenvalue weighted by molar-refractivity contribution is 6.01. The van der Waals surface area contributed by atoms with Gasteiger partial charge in [-0.3, -0.25) is 4.79 Å². The average Bonchev–Trinajstić information content (AvgIpc) is 3.20. The SMILES string of the molecule is Cc1c(C=Nn2c(-c3ccccc3)nc3ccccc3c2=O)c2ccccc2n1Cc1ccc(F)cc1. The number of halogens is 1. The molecular formula is C31H23FN4O. The van der Waals surface area contributed by atoms with Gasteiger partial charge in [-0.05, 0) is 42.8 Å². The molecule has 6 aromatic rings. The summed E-state index contributed by atoms with van der Waals surface area (Å²) >= 11 is 0. The molecule has 2 heterocycles. The Balaban J connectivity index is 1.51. The predicted octanol–water partition coefficient (Wildman–Crippen LogP) is 6.40. The first kappa shape index (κ1) is 22.6. The minimum Gasteiger partial charge on any atom is -0.340 e. The fourth-order valence-corrected chi connectivity index (χ4v) is 4.72. The molecule has 0 spiro atoms. The van der Waals surface area contributed by atoms with E-state index in [0.717, 1.165) is 33.3 Å². The number of para-hydroxylation sites is 2. The van der Waals surface area contributed by atoms with Crippen LogP contribution in [-0.2, 0) is 6.54 Å². The summed E-state index contributed by atoms with van der Waals surface area (Å²) in [4.78, 5) is 18.3. The highest BCUT2D eigenvalue weighted by Gasteiger charge is 2.15. The van der Waals surface area contributed by atoms with Gasteiger partial charge in [0.1, 0.15) is 5.82 Å². The van der Waals surface area contributed by atoms with E-state index in [1.807, 2.05) is 73.7 Å². The highest BCUT2D eigenvalue weighted by atomic mass is 19.1. The number of fused-ring (bicyclic) bond motifs is 2. The van der Waals surface area contributed by atoms with Crippen molar-refractivity contribution in [3.8, 4) is 11.4 Å². The lowest BCUT2D eigenvalue weighted by Crippen LogP contribution is -2.20. The van der Waals surface area contributed by atoms with E-state index in [2.05, 4.69) is 10.6 Å². The quantitative estimate of drug-likeness (QED) is 0.265. The van der Waals surface area contributed by atoms with Crippen molar-refractivity contribution >= 4 is 28.0 Å².